The molecule has 0 radical (unpaired) electrons. The van der Waals surface area contributed by atoms with E-state index in [4.69, 9.17) is 15.9 Å². The van der Waals surface area contributed by atoms with Gasteiger partial charge in [0, 0.05) is 13.1 Å². The van der Waals surface area contributed by atoms with Crippen LogP contribution in [0.25, 0.3) is 0 Å². The van der Waals surface area contributed by atoms with Crippen LogP contribution in [0.1, 0.15) is 6.42 Å². The minimum atomic E-state index is -1.34. The van der Waals surface area contributed by atoms with E-state index in [-0.39, 0.29) is 6.54 Å². The Morgan fingerprint density at radius 3 is 2.53 bits per heavy atom. The van der Waals surface area contributed by atoms with Gasteiger partial charge in [0.25, 0.3) is 0 Å². The average Bonchev–Trinajstić information content (AvgIpc) is 2.74. The van der Waals surface area contributed by atoms with Gasteiger partial charge >= 0.3 is 12.0 Å². The summed E-state index contributed by atoms with van der Waals surface area (Å²) in [7, 11) is 0. The van der Waals surface area contributed by atoms with Crippen molar-refractivity contribution >= 4 is 17.9 Å². The molecule has 8 heteroatoms. The molecule has 1 rings (SSSR count). The normalized spacial score (nSPS) is 21.0. The molecule has 0 aromatic carbocycles. The van der Waals surface area contributed by atoms with E-state index in [9.17, 15) is 14.4 Å². The van der Waals surface area contributed by atoms with Crippen LogP contribution >= 0.6 is 0 Å². The van der Waals surface area contributed by atoms with Gasteiger partial charge in [0.1, 0.15) is 0 Å². The van der Waals surface area contributed by atoms with E-state index in [1.807, 2.05) is 0 Å². The fraction of sp³-hybridized carbons (Fsp3) is 0.667. The molecule has 3 amide bonds. The number of nitrogens with zero attached hydrogens (tertiary/aromatic N) is 1. The smallest absolute Gasteiger partial charge is 0.328 e. The Morgan fingerprint density at radius 1 is 1.47 bits per heavy atom. The monoisotopic (exact) mass is 245 g/mol. The fourth-order valence-corrected chi connectivity index (χ4v) is 1.60. The third kappa shape index (κ3) is 3.31. The Labute approximate surface area is 97.4 Å². The van der Waals surface area contributed by atoms with Crippen molar-refractivity contribution in [3.63, 3.8) is 0 Å². The lowest BCUT2D eigenvalue weighted by atomic mass is 10.1. The molecule has 1 heterocycles. The van der Waals surface area contributed by atoms with Crippen LogP contribution in [0.15, 0.2) is 0 Å². The van der Waals surface area contributed by atoms with E-state index in [0.717, 1.165) is 0 Å². The zero-order valence-corrected chi connectivity index (χ0v) is 9.13. The number of carboxylic acids is 1. The Kier molecular flexibility index (Phi) is 4.27. The molecule has 96 valence electrons. The SMILES string of the molecule is NC(=O)C1CCN(C(=O)N[C@@H](CO)C(=O)O)C1. The molecule has 0 aromatic heterocycles. The van der Waals surface area contributed by atoms with Crippen LogP contribution in [0, 0.1) is 5.92 Å². The first-order valence-corrected chi connectivity index (χ1v) is 5.14. The van der Waals surface area contributed by atoms with E-state index in [1.165, 1.54) is 4.90 Å². The number of carbonyl (C=O) groups is 3. The predicted molar refractivity (Wildman–Crippen MR) is 55.9 cm³/mol. The first kappa shape index (κ1) is 13.2. The minimum Gasteiger partial charge on any atom is -0.480 e. The minimum absolute atomic E-state index is 0.179. The standard InChI is InChI=1S/C9H15N3O5/c10-7(14)5-1-2-12(3-5)9(17)11-6(4-13)8(15)16/h5-6,13H,1-4H2,(H2,10,14)(H,11,17)(H,15,16)/t5?,6-/m0/s1. The number of likely N-dealkylation sites (tertiary alicyclic amines) is 1. The number of hydrogen-bond acceptors (Lipinski definition) is 4. The molecule has 0 bridgehead atoms. The molecule has 1 unspecified atom stereocenters. The maximum atomic E-state index is 11.6. The third-order valence-electron chi connectivity index (χ3n) is 2.66. The van der Waals surface area contributed by atoms with E-state index in [1.54, 1.807) is 0 Å². The second-order valence-electron chi connectivity index (χ2n) is 3.86. The Morgan fingerprint density at radius 2 is 2.12 bits per heavy atom. The number of carboxylic acid groups (broad SMARTS) is 1. The van der Waals surface area contributed by atoms with Crippen LogP contribution in [-0.4, -0.2) is 58.8 Å². The molecule has 0 aromatic rings. The van der Waals surface area contributed by atoms with Crippen LogP contribution < -0.4 is 11.1 Å². The lowest BCUT2D eigenvalue weighted by molar-refractivity contribution is -0.140. The number of carbonyl (C=O) groups excluding carboxylic acids is 2. The van der Waals surface area contributed by atoms with Gasteiger partial charge in [0.05, 0.1) is 12.5 Å². The molecule has 1 fully saturated rings. The average molecular weight is 245 g/mol. The molecule has 1 saturated heterocycles. The van der Waals surface area contributed by atoms with Gasteiger partial charge in [-0.25, -0.2) is 9.59 Å². The molecule has 5 N–H and O–H groups in total. The van der Waals surface area contributed by atoms with Crippen LogP contribution in [0.5, 0.6) is 0 Å². The predicted octanol–water partition coefficient (Wildman–Crippen LogP) is -2.05. The Balaban J connectivity index is 2.49. The van der Waals surface area contributed by atoms with Crippen LogP contribution in [0.3, 0.4) is 0 Å². The van der Waals surface area contributed by atoms with Crippen molar-refractivity contribution < 1.29 is 24.6 Å². The van der Waals surface area contributed by atoms with Crippen molar-refractivity contribution in [1.29, 1.82) is 0 Å². The summed E-state index contributed by atoms with van der Waals surface area (Å²) in [4.78, 5) is 34.4. The van der Waals surface area contributed by atoms with E-state index < -0.39 is 36.5 Å². The van der Waals surface area contributed by atoms with Crippen molar-refractivity contribution in [3.05, 3.63) is 0 Å². The number of hydrogen-bond donors (Lipinski definition) is 4. The highest BCUT2D eigenvalue weighted by molar-refractivity contribution is 5.84. The number of aliphatic hydroxyl groups is 1. The quantitative estimate of drug-likeness (QED) is 0.452. The molecular formula is C9H15N3O5. The largest absolute Gasteiger partial charge is 0.480 e. The number of nitrogens with two attached hydrogens (primary N) is 1. The second-order valence-corrected chi connectivity index (χ2v) is 3.86. The van der Waals surface area contributed by atoms with Crippen LogP contribution in [-0.2, 0) is 9.59 Å². The summed E-state index contributed by atoms with van der Waals surface area (Å²) in [5.74, 6) is -2.18. The number of amides is 3. The van der Waals surface area contributed by atoms with Crippen LogP contribution in [0.4, 0.5) is 4.79 Å². The summed E-state index contributed by atoms with van der Waals surface area (Å²) >= 11 is 0. The van der Waals surface area contributed by atoms with Gasteiger partial charge in [-0.2, -0.15) is 0 Å². The van der Waals surface area contributed by atoms with Crippen molar-refractivity contribution in [2.45, 2.75) is 12.5 Å². The van der Waals surface area contributed by atoms with Gasteiger partial charge in [-0.05, 0) is 6.42 Å². The molecule has 8 nitrogen and oxygen atoms in total. The number of urea groups is 1. The molecule has 1 aliphatic rings. The molecule has 0 aliphatic carbocycles. The van der Waals surface area contributed by atoms with Crippen molar-refractivity contribution in [3.8, 4) is 0 Å². The highest BCUT2D eigenvalue weighted by Crippen LogP contribution is 2.15. The zero-order chi connectivity index (χ0) is 13.0. The highest BCUT2D eigenvalue weighted by atomic mass is 16.4. The maximum absolute atomic E-state index is 11.6. The summed E-state index contributed by atoms with van der Waals surface area (Å²) in [6.45, 7) is -0.162. The number of aliphatic carboxylic acids is 1. The maximum Gasteiger partial charge on any atom is 0.328 e. The number of aliphatic hydroxyl groups excluding tert-OH is 1. The third-order valence-corrected chi connectivity index (χ3v) is 2.66. The van der Waals surface area contributed by atoms with E-state index >= 15 is 0 Å². The lowest BCUT2D eigenvalue weighted by Gasteiger charge is -2.19. The van der Waals surface area contributed by atoms with Gasteiger partial charge in [-0.1, -0.05) is 0 Å². The first-order chi connectivity index (χ1) is 7.95. The summed E-state index contributed by atoms with van der Waals surface area (Å²) in [6, 6.07) is -1.95. The number of nitrogens with one attached hydrogen (secondary N) is 1. The summed E-state index contributed by atoms with van der Waals surface area (Å²) < 4.78 is 0. The van der Waals surface area contributed by atoms with Gasteiger partial charge in [-0.15, -0.1) is 0 Å². The number of primary amides is 1. The van der Waals surface area contributed by atoms with Crippen LogP contribution in [0.2, 0.25) is 0 Å². The van der Waals surface area contributed by atoms with Crippen molar-refractivity contribution in [2.75, 3.05) is 19.7 Å². The molecular weight excluding hydrogens is 230 g/mol. The van der Waals surface area contributed by atoms with E-state index in [2.05, 4.69) is 5.32 Å². The summed E-state index contributed by atoms with van der Waals surface area (Å²) in [5.41, 5.74) is 5.10. The summed E-state index contributed by atoms with van der Waals surface area (Å²) in [5, 5.41) is 19.5. The van der Waals surface area contributed by atoms with Gasteiger partial charge < -0.3 is 26.2 Å². The molecule has 2 atom stereocenters. The topological polar surface area (TPSA) is 133 Å². The molecule has 0 spiro atoms. The van der Waals surface area contributed by atoms with Gasteiger partial charge in [0.15, 0.2) is 6.04 Å². The van der Waals surface area contributed by atoms with Gasteiger partial charge in [-0.3, -0.25) is 4.79 Å². The van der Waals surface area contributed by atoms with Crippen molar-refractivity contribution in [1.82, 2.24) is 10.2 Å². The Bertz CT molecular complexity index is 333. The number of rotatable bonds is 4. The summed E-state index contributed by atoms with van der Waals surface area (Å²) in [6.07, 6.45) is 0.472. The zero-order valence-electron chi connectivity index (χ0n) is 9.13. The molecule has 0 saturated carbocycles. The van der Waals surface area contributed by atoms with E-state index in [0.29, 0.717) is 13.0 Å². The molecule has 17 heavy (non-hydrogen) atoms. The lowest BCUT2D eigenvalue weighted by Crippen LogP contribution is -2.49. The van der Waals surface area contributed by atoms with Crippen molar-refractivity contribution in [2.24, 2.45) is 11.7 Å². The van der Waals surface area contributed by atoms with Gasteiger partial charge in [0.2, 0.25) is 5.91 Å². The Hall–Kier alpha value is -1.83. The first-order valence-electron chi connectivity index (χ1n) is 5.14. The second kappa shape index (κ2) is 5.48. The highest BCUT2D eigenvalue weighted by Gasteiger charge is 2.31. The molecule has 1 aliphatic heterocycles. The fourth-order valence-electron chi connectivity index (χ4n) is 1.60.